The van der Waals surface area contributed by atoms with Gasteiger partial charge in [-0.15, -0.1) is 0 Å². The van der Waals surface area contributed by atoms with Gasteiger partial charge in [-0.05, 0) is 37.1 Å². The Bertz CT molecular complexity index is 1020. The minimum atomic E-state index is -0.675. The van der Waals surface area contributed by atoms with E-state index < -0.39 is 16.7 Å². The third kappa shape index (κ3) is 3.56. The van der Waals surface area contributed by atoms with Gasteiger partial charge in [-0.3, -0.25) is 19.8 Å². The van der Waals surface area contributed by atoms with Crippen molar-refractivity contribution in [1.82, 2.24) is 4.98 Å². The highest BCUT2D eigenvalue weighted by molar-refractivity contribution is 7.22. The molecule has 10 heteroatoms. The average Bonchev–Trinajstić information content (AvgIpc) is 3.45. The number of carbonyl (C=O) groups is 1. The molecule has 9 nitrogen and oxygen atoms in total. The lowest BCUT2D eigenvalue weighted by atomic mass is 10.2. The second-order valence-electron chi connectivity index (χ2n) is 6.28. The zero-order valence-corrected chi connectivity index (χ0v) is 15.8. The number of thiazole rings is 1. The minimum Gasteiger partial charge on any atom is -0.497 e. The first-order valence-electron chi connectivity index (χ1n) is 8.67. The molecule has 28 heavy (non-hydrogen) atoms. The number of carbonyl (C=O) groups excluding carboxylic acids is 1. The maximum atomic E-state index is 13.1. The van der Waals surface area contributed by atoms with Crippen LogP contribution >= 0.6 is 11.3 Å². The predicted octanol–water partition coefficient (Wildman–Crippen LogP) is 3.63. The lowest BCUT2D eigenvalue weighted by Gasteiger charge is -2.21. The second kappa shape index (κ2) is 7.56. The zero-order chi connectivity index (χ0) is 19.7. The van der Waals surface area contributed by atoms with Gasteiger partial charge in [0.1, 0.15) is 10.7 Å². The first-order chi connectivity index (χ1) is 13.5. The van der Waals surface area contributed by atoms with Crippen molar-refractivity contribution >= 4 is 38.5 Å². The summed E-state index contributed by atoms with van der Waals surface area (Å²) >= 11 is 1.34. The average molecular weight is 403 g/mol. The molecule has 3 aromatic rings. The van der Waals surface area contributed by atoms with Gasteiger partial charge < -0.3 is 13.9 Å². The molecule has 2 aromatic heterocycles. The number of benzene rings is 1. The molecule has 0 saturated carbocycles. The number of ether oxygens (including phenoxy) is 2. The number of nitrogens with zero attached hydrogens (tertiary/aromatic N) is 3. The number of amides is 1. The monoisotopic (exact) mass is 403 g/mol. The molecule has 1 saturated heterocycles. The number of nitro groups is 1. The Labute approximate surface area is 163 Å². The van der Waals surface area contributed by atoms with E-state index in [1.807, 2.05) is 12.1 Å². The Kier molecular flexibility index (Phi) is 4.97. The van der Waals surface area contributed by atoms with Crippen LogP contribution in [0.15, 0.2) is 34.7 Å². The molecule has 0 N–H and O–H groups in total. The molecule has 1 fully saturated rings. The summed E-state index contributed by atoms with van der Waals surface area (Å²) < 4.78 is 16.9. The van der Waals surface area contributed by atoms with E-state index >= 15 is 0 Å². The van der Waals surface area contributed by atoms with Crippen LogP contribution in [0.25, 0.3) is 10.2 Å². The Morgan fingerprint density at radius 3 is 2.96 bits per heavy atom. The molecule has 0 spiro atoms. The summed E-state index contributed by atoms with van der Waals surface area (Å²) in [6.07, 6.45) is 1.65. The first kappa shape index (κ1) is 18.4. The SMILES string of the molecule is COc1ccc2nc(N(CC3CCCO3)C(=O)c3ccc([N+](=O)[O-])o3)sc2c1. The maximum Gasteiger partial charge on any atom is 0.433 e. The minimum absolute atomic E-state index is 0.110. The summed E-state index contributed by atoms with van der Waals surface area (Å²) in [6.45, 7) is 0.945. The van der Waals surface area contributed by atoms with Crippen LogP contribution in [0.5, 0.6) is 5.75 Å². The van der Waals surface area contributed by atoms with Crippen LogP contribution < -0.4 is 9.64 Å². The quantitative estimate of drug-likeness (QED) is 0.457. The van der Waals surface area contributed by atoms with Crippen molar-refractivity contribution in [2.24, 2.45) is 0 Å². The topological polar surface area (TPSA) is 108 Å². The van der Waals surface area contributed by atoms with Crippen LogP contribution in [0.2, 0.25) is 0 Å². The van der Waals surface area contributed by atoms with Gasteiger partial charge in [0, 0.05) is 6.61 Å². The fourth-order valence-corrected chi connectivity index (χ4v) is 4.05. The smallest absolute Gasteiger partial charge is 0.433 e. The Balaban J connectivity index is 1.69. The molecule has 0 aliphatic carbocycles. The van der Waals surface area contributed by atoms with Gasteiger partial charge in [0.05, 0.1) is 36.0 Å². The van der Waals surface area contributed by atoms with Crippen molar-refractivity contribution in [2.45, 2.75) is 18.9 Å². The molecule has 0 radical (unpaired) electrons. The summed E-state index contributed by atoms with van der Waals surface area (Å²) in [4.78, 5) is 29.3. The van der Waals surface area contributed by atoms with E-state index in [4.69, 9.17) is 13.9 Å². The fourth-order valence-electron chi connectivity index (χ4n) is 3.05. The Morgan fingerprint density at radius 2 is 2.29 bits per heavy atom. The van der Waals surface area contributed by atoms with Crippen LogP contribution in [0.4, 0.5) is 11.0 Å². The highest BCUT2D eigenvalue weighted by Gasteiger charge is 2.30. The molecule has 0 bridgehead atoms. The molecule has 146 valence electrons. The molecule has 1 unspecified atom stereocenters. The van der Waals surface area contributed by atoms with Gasteiger partial charge in [-0.25, -0.2) is 4.98 Å². The third-order valence-electron chi connectivity index (χ3n) is 4.45. The van der Waals surface area contributed by atoms with Crippen LogP contribution in [0.3, 0.4) is 0 Å². The molecule has 1 atom stereocenters. The third-order valence-corrected chi connectivity index (χ3v) is 5.49. The molecule has 1 amide bonds. The standard InChI is InChI=1S/C18H17N3O6S/c1-25-11-4-5-13-15(9-11)28-18(19-13)20(10-12-3-2-8-26-12)17(22)14-6-7-16(27-14)21(23)24/h4-7,9,12H,2-3,8,10H2,1H3. The predicted molar refractivity (Wildman–Crippen MR) is 102 cm³/mol. The maximum absolute atomic E-state index is 13.1. The van der Waals surface area contributed by atoms with Crippen LogP contribution in [-0.2, 0) is 4.74 Å². The van der Waals surface area contributed by atoms with E-state index in [-0.39, 0.29) is 11.9 Å². The molecular weight excluding hydrogens is 386 g/mol. The fraction of sp³-hybridized carbons (Fsp3) is 0.333. The second-order valence-corrected chi connectivity index (χ2v) is 7.28. The summed E-state index contributed by atoms with van der Waals surface area (Å²) in [5.41, 5.74) is 0.733. The highest BCUT2D eigenvalue weighted by Crippen LogP contribution is 2.33. The van der Waals surface area contributed by atoms with E-state index in [9.17, 15) is 14.9 Å². The molecular formula is C18H17N3O6S. The summed E-state index contributed by atoms with van der Waals surface area (Å²) in [5, 5.41) is 11.4. The van der Waals surface area contributed by atoms with Crippen molar-refractivity contribution in [3.8, 4) is 5.75 Å². The molecule has 1 aliphatic rings. The van der Waals surface area contributed by atoms with Crippen LogP contribution in [-0.4, -0.2) is 42.2 Å². The van der Waals surface area contributed by atoms with E-state index in [2.05, 4.69) is 4.98 Å². The van der Waals surface area contributed by atoms with Crippen molar-refractivity contribution < 1.29 is 23.6 Å². The van der Waals surface area contributed by atoms with Gasteiger partial charge >= 0.3 is 5.88 Å². The number of hydrogen-bond donors (Lipinski definition) is 0. The molecule has 4 rings (SSSR count). The first-order valence-corrected chi connectivity index (χ1v) is 9.49. The van der Waals surface area contributed by atoms with Gasteiger partial charge in [0.25, 0.3) is 5.91 Å². The largest absolute Gasteiger partial charge is 0.497 e. The van der Waals surface area contributed by atoms with Crippen molar-refractivity contribution in [2.75, 3.05) is 25.2 Å². The van der Waals surface area contributed by atoms with Crippen molar-refractivity contribution in [3.05, 3.63) is 46.2 Å². The van der Waals surface area contributed by atoms with Crippen molar-refractivity contribution in [3.63, 3.8) is 0 Å². The van der Waals surface area contributed by atoms with Gasteiger partial charge in [-0.1, -0.05) is 11.3 Å². The van der Waals surface area contributed by atoms with E-state index in [1.165, 1.54) is 28.4 Å². The summed E-state index contributed by atoms with van der Waals surface area (Å²) in [7, 11) is 1.58. The van der Waals surface area contributed by atoms with Gasteiger partial charge in [-0.2, -0.15) is 0 Å². The highest BCUT2D eigenvalue weighted by atomic mass is 32.1. The zero-order valence-electron chi connectivity index (χ0n) is 15.0. The Hall–Kier alpha value is -2.98. The van der Waals surface area contributed by atoms with Gasteiger partial charge in [0.2, 0.25) is 0 Å². The van der Waals surface area contributed by atoms with E-state index in [0.29, 0.717) is 24.0 Å². The van der Waals surface area contributed by atoms with E-state index in [1.54, 1.807) is 13.2 Å². The van der Waals surface area contributed by atoms with Crippen LogP contribution in [0, 0.1) is 10.1 Å². The van der Waals surface area contributed by atoms with E-state index in [0.717, 1.165) is 23.1 Å². The molecule has 3 heterocycles. The number of methoxy groups -OCH3 is 1. The van der Waals surface area contributed by atoms with Crippen LogP contribution in [0.1, 0.15) is 23.4 Å². The number of rotatable bonds is 6. The summed E-state index contributed by atoms with van der Waals surface area (Å²) in [6, 6.07) is 7.94. The number of anilines is 1. The lowest BCUT2D eigenvalue weighted by Crippen LogP contribution is -2.37. The number of aromatic nitrogens is 1. The summed E-state index contributed by atoms with van der Waals surface area (Å²) in [5.74, 6) is -0.382. The number of hydrogen-bond acceptors (Lipinski definition) is 8. The normalized spacial score (nSPS) is 16.4. The van der Waals surface area contributed by atoms with Gasteiger partial charge in [0.15, 0.2) is 10.9 Å². The number of furan rings is 1. The molecule has 1 aromatic carbocycles. The Morgan fingerprint density at radius 1 is 1.43 bits per heavy atom. The lowest BCUT2D eigenvalue weighted by molar-refractivity contribution is -0.402. The molecule has 1 aliphatic heterocycles. The van der Waals surface area contributed by atoms with Crippen molar-refractivity contribution in [1.29, 1.82) is 0 Å². The number of fused-ring (bicyclic) bond motifs is 1.